The van der Waals surface area contributed by atoms with E-state index in [9.17, 15) is 4.79 Å². The van der Waals surface area contributed by atoms with E-state index >= 15 is 0 Å². The maximum Gasteiger partial charge on any atom is 0.202 e. The summed E-state index contributed by atoms with van der Waals surface area (Å²) in [5, 5.41) is 0. The fraction of sp³-hybridized carbons (Fsp3) is 0.615. The molecular weight excluding hydrogens is 234 g/mol. The van der Waals surface area contributed by atoms with E-state index in [1.54, 1.807) is 11.3 Å². The Bertz CT molecular complexity index is 387. The molecule has 0 saturated carbocycles. The first kappa shape index (κ1) is 12.7. The van der Waals surface area contributed by atoms with E-state index in [-0.39, 0.29) is 11.9 Å². The first-order valence-electron chi connectivity index (χ1n) is 6.15. The van der Waals surface area contributed by atoms with Crippen LogP contribution >= 0.6 is 11.3 Å². The summed E-state index contributed by atoms with van der Waals surface area (Å²) in [6.07, 6.45) is 0.854. The molecule has 1 fully saturated rings. The Morgan fingerprint density at radius 2 is 2.41 bits per heavy atom. The highest BCUT2D eigenvalue weighted by molar-refractivity contribution is 7.14. The van der Waals surface area contributed by atoms with E-state index in [2.05, 4.69) is 11.8 Å². The summed E-state index contributed by atoms with van der Waals surface area (Å²) in [7, 11) is 0. The van der Waals surface area contributed by atoms with Gasteiger partial charge in [0.25, 0.3) is 0 Å². The molecule has 0 spiro atoms. The summed E-state index contributed by atoms with van der Waals surface area (Å²) < 4.78 is 5.60. The topological polar surface area (TPSA) is 29.5 Å². The van der Waals surface area contributed by atoms with Gasteiger partial charge in [0.1, 0.15) is 6.10 Å². The third kappa shape index (κ3) is 3.15. The van der Waals surface area contributed by atoms with Gasteiger partial charge in [-0.1, -0.05) is 6.92 Å². The minimum absolute atomic E-state index is 0.143. The molecule has 0 amide bonds. The summed E-state index contributed by atoms with van der Waals surface area (Å²) >= 11 is 1.56. The molecule has 2 rings (SSSR count). The van der Waals surface area contributed by atoms with Gasteiger partial charge >= 0.3 is 0 Å². The summed E-state index contributed by atoms with van der Waals surface area (Å²) in [4.78, 5) is 16.5. The lowest BCUT2D eigenvalue weighted by molar-refractivity contribution is -0.0161. The minimum Gasteiger partial charge on any atom is -0.367 e. The highest BCUT2D eigenvalue weighted by atomic mass is 32.1. The molecule has 1 unspecified atom stereocenters. The number of thiophene rings is 1. The van der Waals surface area contributed by atoms with Gasteiger partial charge in [-0.3, -0.25) is 9.69 Å². The molecule has 1 atom stereocenters. The van der Waals surface area contributed by atoms with Crippen LogP contribution in [0.2, 0.25) is 0 Å². The summed E-state index contributed by atoms with van der Waals surface area (Å²) in [6, 6.07) is 3.90. The van der Waals surface area contributed by atoms with Gasteiger partial charge < -0.3 is 4.74 Å². The van der Waals surface area contributed by atoms with Gasteiger partial charge in [0, 0.05) is 18.0 Å². The van der Waals surface area contributed by atoms with Gasteiger partial charge in [0.2, 0.25) is 5.78 Å². The van der Waals surface area contributed by atoms with Gasteiger partial charge in [-0.15, -0.1) is 11.3 Å². The second kappa shape index (κ2) is 5.76. The lowest BCUT2D eigenvalue weighted by atomic mass is 10.1. The van der Waals surface area contributed by atoms with Gasteiger partial charge in [0.15, 0.2) is 0 Å². The van der Waals surface area contributed by atoms with Gasteiger partial charge in [-0.25, -0.2) is 0 Å². The number of ether oxygens (including phenoxy) is 1. The Morgan fingerprint density at radius 3 is 3.06 bits per heavy atom. The normalized spacial score (nSPS) is 21.6. The molecule has 1 aliphatic heterocycles. The Morgan fingerprint density at radius 1 is 1.59 bits per heavy atom. The zero-order valence-electron chi connectivity index (χ0n) is 10.4. The largest absolute Gasteiger partial charge is 0.367 e. The molecule has 4 heteroatoms. The molecule has 0 aliphatic carbocycles. The summed E-state index contributed by atoms with van der Waals surface area (Å²) in [5.74, 6) is 0.143. The number of hydrogen-bond acceptors (Lipinski definition) is 4. The molecule has 1 aromatic rings. The van der Waals surface area contributed by atoms with Crippen LogP contribution in [0.1, 0.15) is 27.9 Å². The van der Waals surface area contributed by atoms with E-state index in [1.165, 1.54) is 4.88 Å². The summed E-state index contributed by atoms with van der Waals surface area (Å²) in [5.41, 5.74) is 0. The van der Waals surface area contributed by atoms with E-state index in [0.29, 0.717) is 6.61 Å². The highest BCUT2D eigenvalue weighted by Gasteiger charge is 2.27. The molecular formula is C13H19NO2S. The van der Waals surface area contributed by atoms with Gasteiger partial charge in [-0.2, -0.15) is 0 Å². The van der Waals surface area contributed by atoms with Crippen LogP contribution < -0.4 is 0 Å². The number of nitrogens with zero attached hydrogens (tertiary/aromatic N) is 1. The average Bonchev–Trinajstić information content (AvgIpc) is 2.76. The molecule has 17 heavy (non-hydrogen) atoms. The molecule has 3 nitrogen and oxygen atoms in total. The van der Waals surface area contributed by atoms with Crippen LogP contribution in [-0.2, 0) is 4.74 Å². The average molecular weight is 253 g/mol. The van der Waals surface area contributed by atoms with Crippen molar-refractivity contribution in [2.75, 3.05) is 26.2 Å². The second-order valence-corrected chi connectivity index (χ2v) is 5.72. The van der Waals surface area contributed by atoms with Crippen molar-refractivity contribution in [2.24, 2.45) is 0 Å². The number of aryl methyl sites for hydroxylation is 1. The minimum atomic E-state index is -0.270. The Hall–Kier alpha value is -0.710. The van der Waals surface area contributed by atoms with Crippen LogP contribution in [0.15, 0.2) is 12.1 Å². The number of rotatable bonds is 4. The lowest BCUT2D eigenvalue weighted by Crippen LogP contribution is -2.46. The van der Waals surface area contributed by atoms with Crippen LogP contribution in [0.3, 0.4) is 0 Å². The predicted octanol–water partition coefficient (Wildman–Crippen LogP) is 2.35. The molecule has 0 N–H and O–H groups in total. The highest BCUT2D eigenvalue weighted by Crippen LogP contribution is 2.19. The summed E-state index contributed by atoms with van der Waals surface area (Å²) in [6.45, 7) is 7.59. The van der Waals surface area contributed by atoms with Crippen molar-refractivity contribution in [3.05, 3.63) is 21.9 Å². The number of carbonyl (C=O) groups excluding carboxylic acids is 1. The van der Waals surface area contributed by atoms with Crippen LogP contribution in [0.4, 0.5) is 0 Å². The SMILES string of the molecule is CCCN1CCOC(C(=O)c2ccc(C)s2)C1. The van der Waals surface area contributed by atoms with Gasteiger partial charge in [0.05, 0.1) is 11.5 Å². The van der Waals surface area contributed by atoms with E-state index < -0.39 is 0 Å². The molecule has 2 heterocycles. The van der Waals surface area contributed by atoms with Crippen molar-refractivity contribution >= 4 is 17.1 Å². The smallest absolute Gasteiger partial charge is 0.202 e. The first-order chi connectivity index (χ1) is 8.20. The van der Waals surface area contributed by atoms with Crippen molar-refractivity contribution in [1.29, 1.82) is 0 Å². The zero-order valence-corrected chi connectivity index (χ0v) is 11.3. The maximum absolute atomic E-state index is 12.2. The third-order valence-corrected chi connectivity index (χ3v) is 3.98. The van der Waals surface area contributed by atoms with Crippen LogP contribution in [0.5, 0.6) is 0 Å². The number of Topliss-reactive ketones (excluding diaryl/α,β-unsaturated/α-hetero) is 1. The first-order valence-corrected chi connectivity index (χ1v) is 6.97. The Labute approximate surface area is 106 Å². The maximum atomic E-state index is 12.2. The third-order valence-electron chi connectivity index (χ3n) is 2.97. The number of morpholine rings is 1. The molecule has 1 aliphatic rings. The number of carbonyl (C=O) groups is 1. The molecule has 0 radical (unpaired) electrons. The lowest BCUT2D eigenvalue weighted by Gasteiger charge is -2.31. The fourth-order valence-electron chi connectivity index (χ4n) is 2.11. The van der Waals surface area contributed by atoms with Crippen LogP contribution in [-0.4, -0.2) is 43.0 Å². The quantitative estimate of drug-likeness (QED) is 0.771. The van der Waals surface area contributed by atoms with Crippen molar-refractivity contribution in [2.45, 2.75) is 26.4 Å². The Kier molecular flexibility index (Phi) is 4.31. The Balaban J connectivity index is 1.99. The van der Waals surface area contributed by atoms with E-state index in [4.69, 9.17) is 4.74 Å². The van der Waals surface area contributed by atoms with Crippen molar-refractivity contribution in [1.82, 2.24) is 4.90 Å². The van der Waals surface area contributed by atoms with E-state index in [0.717, 1.165) is 30.9 Å². The van der Waals surface area contributed by atoms with Gasteiger partial charge in [-0.05, 0) is 32.0 Å². The van der Waals surface area contributed by atoms with Crippen molar-refractivity contribution in [3.63, 3.8) is 0 Å². The molecule has 94 valence electrons. The fourth-order valence-corrected chi connectivity index (χ4v) is 2.96. The van der Waals surface area contributed by atoms with Crippen molar-refractivity contribution in [3.8, 4) is 0 Å². The zero-order chi connectivity index (χ0) is 12.3. The van der Waals surface area contributed by atoms with E-state index in [1.807, 2.05) is 19.1 Å². The second-order valence-electron chi connectivity index (χ2n) is 4.43. The molecule has 1 aromatic heterocycles. The number of ketones is 1. The standard InChI is InChI=1S/C13H19NO2S/c1-3-6-14-7-8-16-11(9-14)13(15)12-5-4-10(2)17-12/h4-5,11H,3,6-9H2,1-2H3. The van der Waals surface area contributed by atoms with Crippen LogP contribution in [0.25, 0.3) is 0 Å². The van der Waals surface area contributed by atoms with Crippen molar-refractivity contribution < 1.29 is 9.53 Å². The molecule has 0 bridgehead atoms. The molecule has 1 saturated heterocycles. The predicted molar refractivity (Wildman–Crippen MR) is 69.9 cm³/mol. The number of hydrogen-bond donors (Lipinski definition) is 0. The van der Waals surface area contributed by atoms with Crippen LogP contribution in [0, 0.1) is 6.92 Å². The molecule has 0 aromatic carbocycles. The monoisotopic (exact) mass is 253 g/mol.